The Bertz CT molecular complexity index is 532. The second-order valence-corrected chi connectivity index (χ2v) is 5.23. The summed E-state index contributed by atoms with van der Waals surface area (Å²) in [6, 6.07) is 3.32. The highest BCUT2D eigenvalue weighted by Crippen LogP contribution is 2.26. The van der Waals surface area contributed by atoms with Crippen LogP contribution in [0.1, 0.15) is 0 Å². The molecule has 0 saturated carbocycles. The molecule has 0 unspecified atom stereocenters. The molecule has 0 heterocycles. The summed E-state index contributed by atoms with van der Waals surface area (Å²) >= 11 is 5.62. The second kappa shape index (κ2) is 5.41. The van der Waals surface area contributed by atoms with Crippen LogP contribution in [0.15, 0.2) is 23.1 Å². The third kappa shape index (κ3) is 3.37. The molecule has 1 aromatic rings. The molecule has 0 spiro atoms. The number of nitrogens with two attached hydrogens (primary N) is 1. The third-order valence-electron chi connectivity index (χ3n) is 1.84. The molecule has 0 aromatic heterocycles. The molecule has 94 valence electrons. The molecular formula is C8H10ClN3O4S. The first-order valence-electron chi connectivity index (χ1n) is 4.52. The molecule has 1 rings (SSSR count). The molecule has 3 N–H and O–H groups in total. The zero-order valence-electron chi connectivity index (χ0n) is 8.59. The van der Waals surface area contributed by atoms with Crippen molar-refractivity contribution in [2.24, 2.45) is 5.73 Å². The van der Waals surface area contributed by atoms with Crippen molar-refractivity contribution in [3.63, 3.8) is 0 Å². The van der Waals surface area contributed by atoms with Gasteiger partial charge in [0.1, 0.15) is 0 Å². The summed E-state index contributed by atoms with van der Waals surface area (Å²) in [5.74, 6) is 0. The van der Waals surface area contributed by atoms with Gasteiger partial charge in [-0.15, -0.1) is 0 Å². The largest absolute Gasteiger partial charge is 0.329 e. The summed E-state index contributed by atoms with van der Waals surface area (Å²) < 4.78 is 25.6. The van der Waals surface area contributed by atoms with E-state index >= 15 is 0 Å². The lowest BCUT2D eigenvalue weighted by Gasteiger charge is -2.06. The van der Waals surface area contributed by atoms with Crippen molar-refractivity contribution in [2.45, 2.75) is 4.90 Å². The summed E-state index contributed by atoms with van der Waals surface area (Å²) in [6.45, 7) is 0.0829. The van der Waals surface area contributed by atoms with E-state index in [9.17, 15) is 18.5 Å². The lowest BCUT2D eigenvalue weighted by Crippen LogP contribution is -2.29. The average molecular weight is 280 g/mol. The Morgan fingerprint density at radius 3 is 2.65 bits per heavy atom. The highest BCUT2D eigenvalue weighted by molar-refractivity contribution is 7.89. The van der Waals surface area contributed by atoms with Crippen LogP contribution < -0.4 is 10.5 Å². The molecule has 0 bridgehead atoms. The average Bonchev–Trinajstić information content (AvgIpc) is 2.26. The maximum atomic E-state index is 11.7. The van der Waals surface area contributed by atoms with Crippen LogP contribution in [0.3, 0.4) is 0 Å². The monoisotopic (exact) mass is 279 g/mol. The fourth-order valence-electron chi connectivity index (χ4n) is 1.13. The molecule has 0 fully saturated rings. The van der Waals surface area contributed by atoms with Crippen LogP contribution in [0.25, 0.3) is 0 Å². The number of halogens is 1. The lowest BCUT2D eigenvalue weighted by atomic mass is 10.3. The van der Waals surface area contributed by atoms with Gasteiger partial charge in [-0.05, 0) is 12.1 Å². The lowest BCUT2D eigenvalue weighted by molar-refractivity contribution is -0.387. The number of benzene rings is 1. The summed E-state index contributed by atoms with van der Waals surface area (Å²) in [5.41, 5.74) is 4.63. The van der Waals surface area contributed by atoms with Crippen molar-refractivity contribution < 1.29 is 13.3 Å². The van der Waals surface area contributed by atoms with Crippen molar-refractivity contribution in [1.82, 2.24) is 4.72 Å². The second-order valence-electron chi connectivity index (χ2n) is 3.06. The maximum Gasteiger partial charge on any atom is 0.289 e. The molecule has 9 heteroatoms. The standard InChI is InChI=1S/C8H10ClN3O4S/c9-6-1-2-7(12(13)14)8(5-6)17(15,16)11-4-3-10/h1-2,5,11H,3-4,10H2. The summed E-state index contributed by atoms with van der Waals surface area (Å²) in [5, 5.41) is 10.8. The van der Waals surface area contributed by atoms with Crippen molar-refractivity contribution in [3.05, 3.63) is 33.3 Å². The number of hydrogen-bond donors (Lipinski definition) is 2. The third-order valence-corrected chi connectivity index (χ3v) is 3.57. The number of nitro benzene ring substituents is 1. The van der Waals surface area contributed by atoms with Crippen molar-refractivity contribution in [1.29, 1.82) is 0 Å². The highest BCUT2D eigenvalue weighted by atomic mass is 35.5. The van der Waals surface area contributed by atoms with Crippen LogP contribution in [-0.2, 0) is 10.0 Å². The normalized spacial score (nSPS) is 11.4. The van der Waals surface area contributed by atoms with Crippen LogP contribution in [0, 0.1) is 10.1 Å². The fraction of sp³-hybridized carbons (Fsp3) is 0.250. The van der Waals surface area contributed by atoms with Gasteiger partial charge in [-0.2, -0.15) is 0 Å². The molecule has 1 aromatic carbocycles. The Labute approximate surface area is 103 Å². The Morgan fingerprint density at radius 2 is 2.12 bits per heavy atom. The van der Waals surface area contributed by atoms with Crippen LogP contribution in [0.4, 0.5) is 5.69 Å². The van der Waals surface area contributed by atoms with Crippen LogP contribution in [-0.4, -0.2) is 26.4 Å². The number of sulfonamides is 1. The molecule has 0 atom stereocenters. The van der Waals surface area contributed by atoms with E-state index in [1.807, 2.05) is 0 Å². The Morgan fingerprint density at radius 1 is 1.47 bits per heavy atom. The van der Waals surface area contributed by atoms with E-state index in [1.165, 1.54) is 6.07 Å². The Kier molecular flexibility index (Phi) is 4.40. The van der Waals surface area contributed by atoms with E-state index < -0.39 is 25.5 Å². The quantitative estimate of drug-likeness (QED) is 0.601. The Hall–Kier alpha value is -1.22. The van der Waals surface area contributed by atoms with E-state index in [0.29, 0.717) is 0 Å². The van der Waals surface area contributed by atoms with Gasteiger partial charge in [-0.3, -0.25) is 10.1 Å². The van der Waals surface area contributed by atoms with Crippen LogP contribution in [0.5, 0.6) is 0 Å². The molecule has 0 saturated heterocycles. The molecule has 0 amide bonds. The minimum Gasteiger partial charge on any atom is -0.329 e. The van der Waals surface area contributed by atoms with Gasteiger partial charge >= 0.3 is 0 Å². The number of hydrogen-bond acceptors (Lipinski definition) is 5. The predicted octanol–water partition coefficient (Wildman–Crippen LogP) is 0.485. The maximum absolute atomic E-state index is 11.7. The SMILES string of the molecule is NCCNS(=O)(=O)c1cc(Cl)ccc1[N+](=O)[O-]. The molecule has 0 aliphatic heterocycles. The molecule has 7 nitrogen and oxygen atoms in total. The first kappa shape index (κ1) is 13.8. The van der Waals surface area contributed by atoms with E-state index in [4.69, 9.17) is 17.3 Å². The van der Waals surface area contributed by atoms with Gasteiger partial charge < -0.3 is 5.73 Å². The minimum absolute atomic E-state index is 0.00794. The zero-order chi connectivity index (χ0) is 13.1. The van der Waals surface area contributed by atoms with E-state index in [2.05, 4.69) is 4.72 Å². The zero-order valence-corrected chi connectivity index (χ0v) is 10.2. The summed E-state index contributed by atoms with van der Waals surface area (Å²) in [4.78, 5) is 9.45. The molecule has 0 aliphatic carbocycles. The van der Waals surface area contributed by atoms with Gasteiger partial charge in [-0.25, -0.2) is 13.1 Å². The number of nitrogens with zero attached hydrogens (tertiary/aromatic N) is 1. The van der Waals surface area contributed by atoms with Gasteiger partial charge in [0.2, 0.25) is 10.0 Å². The van der Waals surface area contributed by atoms with Gasteiger partial charge in [0.15, 0.2) is 4.90 Å². The molecule has 0 radical (unpaired) electrons. The fourth-order valence-corrected chi connectivity index (χ4v) is 2.60. The van der Waals surface area contributed by atoms with Crippen molar-refractivity contribution in [3.8, 4) is 0 Å². The summed E-state index contributed by atoms with van der Waals surface area (Å²) in [7, 11) is -3.98. The number of nitro groups is 1. The number of nitrogens with one attached hydrogen (secondary N) is 1. The van der Waals surface area contributed by atoms with Crippen LogP contribution >= 0.6 is 11.6 Å². The van der Waals surface area contributed by atoms with Gasteiger partial charge in [0.05, 0.1) is 4.92 Å². The van der Waals surface area contributed by atoms with Crippen molar-refractivity contribution >= 4 is 27.3 Å². The molecule has 0 aliphatic rings. The first-order valence-corrected chi connectivity index (χ1v) is 6.38. The van der Waals surface area contributed by atoms with Gasteiger partial charge in [0.25, 0.3) is 5.69 Å². The Balaban J connectivity index is 3.28. The highest BCUT2D eigenvalue weighted by Gasteiger charge is 2.25. The van der Waals surface area contributed by atoms with E-state index in [0.717, 1.165) is 12.1 Å². The predicted molar refractivity (Wildman–Crippen MR) is 62.3 cm³/mol. The first-order chi connectivity index (χ1) is 7.88. The topological polar surface area (TPSA) is 115 Å². The van der Waals surface area contributed by atoms with Crippen LogP contribution in [0.2, 0.25) is 5.02 Å². The molecular weight excluding hydrogens is 270 g/mol. The van der Waals surface area contributed by atoms with Crippen molar-refractivity contribution in [2.75, 3.05) is 13.1 Å². The smallest absolute Gasteiger partial charge is 0.289 e. The van der Waals surface area contributed by atoms with E-state index in [-0.39, 0.29) is 18.1 Å². The van der Waals surface area contributed by atoms with Gasteiger partial charge in [-0.1, -0.05) is 11.6 Å². The number of rotatable bonds is 5. The summed E-state index contributed by atoms with van der Waals surface area (Å²) in [6.07, 6.45) is 0. The minimum atomic E-state index is -3.98. The van der Waals surface area contributed by atoms with Gasteiger partial charge in [0, 0.05) is 24.2 Å². The molecule has 17 heavy (non-hydrogen) atoms. The van der Waals surface area contributed by atoms with E-state index in [1.54, 1.807) is 0 Å².